The highest BCUT2D eigenvalue weighted by Crippen LogP contribution is 2.25. The Labute approximate surface area is 171 Å². The SMILES string of the molecule is CC(C)(C)C(N)C(=O)N1CCN(c2ccn3ncc(-c4ccccc4)c3n2)CC1. The smallest absolute Gasteiger partial charge is 0.240 e. The highest BCUT2D eigenvalue weighted by Gasteiger charge is 2.32. The van der Waals surface area contributed by atoms with Crippen LogP contribution in [0, 0.1) is 5.41 Å². The van der Waals surface area contributed by atoms with Gasteiger partial charge >= 0.3 is 0 Å². The first-order valence-corrected chi connectivity index (χ1v) is 10.0. The fourth-order valence-electron chi connectivity index (χ4n) is 3.58. The van der Waals surface area contributed by atoms with Crippen molar-refractivity contribution in [2.24, 2.45) is 11.1 Å². The molecule has 152 valence electrons. The molecule has 29 heavy (non-hydrogen) atoms. The molecule has 0 spiro atoms. The summed E-state index contributed by atoms with van der Waals surface area (Å²) in [4.78, 5) is 21.7. The van der Waals surface area contributed by atoms with E-state index in [1.165, 1.54) is 0 Å². The number of rotatable bonds is 3. The lowest BCUT2D eigenvalue weighted by atomic mass is 9.86. The molecule has 0 saturated carbocycles. The van der Waals surface area contributed by atoms with Crippen LogP contribution in [0.3, 0.4) is 0 Å². The molecular formula is C22H28N6O. The molecule has 0 bridgehead atoms. The van der Waals surface area contributed by atoms with Gasteiger partial charge in [0.05, 0.1) is 12.2 Å². The first-order chi connectivity index (χ1) is 13.8. The number of nitrogens with zero attached hydrogens (tertiary/aromatic N) is 5. The van der Waals surface area contributed by atoms with Crippen molar-refractivity contribution in [1.82, 2.24) is 19.5 Å². The summed E-state index contributed by atoms with van der Waals surface area (Å²) in [6.45, 7) is 8.78. The molecule has 0 radical (unpaired) electrons. The van der Waals surface area contributed by atoms with E-state index in [2.05, 4.69) is 22.1 Å². The molecule has 1 atom stereocenters. The van der Waals surface area contributed by atoms with E-state index in [1.54, 1.807) is 4.52 Å². The van der Waals surface area contributed by atoms with Crippen LogP contribution in [-0.4, -0.2) is 57.6 Å². The summed E-state index contributed by atoms with van der Waals surface area (Å²) in [6, 6.07) is 11.7. The van der Waals surface area contributed by atoms with E-state index in [1.807, 2.05) is 62.3 Å². The summed E-state index contributed by atoms with van der Waals surface area (Å²) in [5.41, 5.74) is 8.87. The van der Waals surface area contributed by atoms with E-state index in [4.69, 9.17) is 10.7 Å². The van der Waals surface area contributed by atoms with Gasteiger partial charge in [0, 0.05) is 37.9 Å². The van der Waals surface area contributed by atoms with Crippen molar-refractivity contribution in [3.63, 3.8) is 0 Å². The molecule has 3 aromatic rings. The van der Waals surface area contributed by atoms with Crippen molar-refractivity contribution in [3.8, 4) is 11.1 Å². The predicted octanol–water partition coefficient (Wildman–Crippen LogP) is 2.42. The van der Waals surface area contributed by atoms with Crippen LogP contribution >= 0.6 is 0 Å². The molecule has 1 unspecified atom stereocenters. The molecule has 1 aliphatic heterocycles. The number of aromatic nitrogens is 3. The Morgan fingerprint density at radius 2 is 1.76 bits per heavy atom. The third kappa shape index (κ3) is 3.82. The maximum absolute atomic E-state index is 12.7. The Hall–Kier alpha value is -2.93. The van der Waals surface area contributed by atoms with Gasteiger partial charge in [-0.05, 0) is 17.0 Å². The molecule has 2 aromatic heterocycles. The molecular weight excluding hydrogens is 364 g/mol. The second kappa shape index (κ2) is 7.48. The molecule has 1 saturated heterocycles. The minimum atomic E-state index is -0.483. The van der Waals surface area contributed by atoms with Gasteiger partial charge in [0.2, 0.25) is 5.91 Å². The molecule has 1 aromatic carbocycles. The van der Waals surface area contributed by atoms with Crippen LogP contribution in [0.2, 0.25) is 0 Å². The van der Waals surface area contributed by atoms with E-state index in [-0.39, 0.29) is 11.3 Å². The fraction of sp³-hybridized carbons (Fsp3) is 0.409. The van der Waals surface area contributed by atoms with Crippen LogP contribution in [-0.2, 0) is 4.79 Å². The monoisotopic (exact) mass is 392 g/mol. The van der Waals surface area contributed by atoms with Crippen LogP contribution < -0.4 is 10.6 Å². The number of hydrogen-bond acceptors (Lipinski definition) is 5. The fourth-order valence-corrected chi connectivity index (χ4v) is 3.58. The van der Waals surface area contributed by atoms with Crippen LogP contribution in [0.5, 0.6) is 0 Å². The first kappa shape index (κ1) is 19.4. The second-order valence-corrected chi connectivity index (χ2v) is 8.63. The second-order valence-electron chi connectivity index (χ2n) is 8.63. The number of anilines is 1. The third-order valence-corrected chi connectivity index (χ3v) is 5.55. The van der Waals surface area contributed by atoms with E-state index in [0.29, 0.717) is 13.1 Å². The summed E-state index contributed by atoms with van der Waals surface area (Å²) in [5.74, 6) is 0.935. The molecule has 3 heterocycles. The van der Waals surface area contributed by atoms with Gasteiger partial charge in [0.15, 0.2) is 5.65 Å². The number of amides is 1. The molecule has 1 fully saturated rings. The van der Waals surface area contributed by atoms with E-state index in [0.717, 1.165) is 35.7 Å². The van der Waals surface area contributed by atoms with Gasteiger partial charge in [-0.15, -0.1) is 0 Å². The van der Waals surface area contributed by atoms with Gasteiger partial charge in [0.1, 0.15) is 5.82 Å². The van der Waals surface area contributed by atoms with Crippen molar-refractivity contribution in [2.75, 3.05) is 31.1 Å². The van der Waals surface area contributed by atoms with E-state index >= 15 is 0 Å². The Morgan fingerprint density at radius 1 is 1.07 bits per heavy atom. The largest absolute Gasteiger partial charge is 0.353 e. The van der Waals surface area contributed by atoms with Crippen molar-refractivity contribution in [2.45, 2.75) is 26.8 Å². The zero-order chi connectivity index (χ0) is 20.6. The summed E-state index contributed by atoms with van der Waals surface area (Å²) in [5, 5.41) is 4.43. The van der Waals surface area contributed by atoms with Crippen LogP contribution in [0.1, 0.15) is 20.8 Å². The highest BCUT2D eigenvalue weighted by atomic mass is 16.2. The minimum absolute atomic E-state index is 0.0303. The lowest BCUT2D eigenvalue weighted by Gasteiger charge is -2.38. The van der Waals surface area contributed by atoms with Gasteiger partial charge in [-0.1, -0.05) is 51.1 Å². The quantitative estimate of drug-likeness (QED) is 0.740. The Balaban J connectivity index is 1.51. The van der Waals surface area contributed by atoms with Crippen LogP contribution in [0.15, 0.2) is 48.8 Å². The number of hydrogen-bond donors (Lipinski definition) is 1. The maximum atomic E-state index is 12.7. The van der Waals surface area contributed by atoms with Crippen molar-refractivity contribution >= 4 is 17.4 Å². The topological polar surface area (TPSA) is 79.8 Å². The van der Waals surface area contributed by atoms with Crippen LogP contribution in [0.4, 0.5) is 5.82 Å². The predicted molar refractivity (Wildman–Crippen MR) is 115 cm³/mol. The van der Waals surface area contributed by atoms with Gasteiger partial charge in [0.25, 0.3) is 0 Å². The number of nitrogens with two attached hydrogens (primary N) is 1. The normalized spacial score (nSPS) is 16.3. The molecule has 1 amide bonds. The van der Waals surface area contributed by atoms with Crippen molar-refractivity contribution in [1.29, 1.82) is 0 Å². The van der Waals surface area contributed by atoms with Gasteiger partial charge in [-0.25, -0.2) is 9.50 Å². The molecule has 7 heteroatoms. The Bertz CT molecular complexity index is 999. The lowest BCUT2D eigenvalue weighted by Crippen LogP contribution is -2.56. The molecule has 0 aliphatic carbocycles. The molecule has 7 nitrogen and oxygen atoms in total. The van der Waals surface area contributed by atoms with Gasteiger partial charge in [-0.2, -0.15) is 5.10 Å². The molecule has 4 rings (SSSR count). The molecule has 2 N–H and O–H groups in total. The van der Waals surface area contributed by atoms with E-state index in [9.17, 15) is 4.79 Å². The summed E-state index contributed by atoms with van der Waals surface area (Å²) in [6.07, 6.45) is 3.79. The first-order valence-electron chi connectivity index (χ1n) is 10.0. The van der Waals surface area contributed by atoms with Gasteiger partial charge in [-0.3, -0.25) is 4.79 Å². The van der Waals surface area contributed by atoms with E-state index < -0.39 is 6.04 Å². The average molecular weight is 393 g/mol. The zero-order valence-corrected chi connectivity index (χ0v) is 17.2. The Morgan fingerprint density at radius 3 is 2.41 bits per heavy atom. The average Bonchev–Trinajstić information content (AvgIpc) is 3.16. The van der Waals surface area contributed by atoms with Crippen molar-refractivity contribution in [3.05, 3.63) is 48.8 Å². The minimum Gasteiger partial charge on any atom is -0.353 e. The lowest BCUT2D eigenvalue weighted by molar-refractivity contribution is -0.135. The Kier molecular flexibility index (Phi) is 5.00. The number of carbonyl (C=O) groups excluding carboxylic acids is 1. The number of carbonyl (C=O) groups is 1. The third-order valence-electron chi connectivity index (χ3n) is 5.55. The van der Waals surface area contributed by atoms with Crippen molar-refractivity contribution < 1.29 is 4.79 Å². The van der Waals surface area contributed by atoms with Gasteiger partial charge < -0.3 is 15.5 Å². The maximum Gasteiger partial charge on any atom is 0.240 e. The number of benzene rings is 1. The number of piperazine rings is 1. The summed E-state index contributed by atoms with van der Waals surface area (Å²) in [7, 11) is 0. The standard InChI is InChI=1S/C22H28N6O/c1-22(2,3)19(23)21(29)27-13-11-26(12-14-27)18-9-10-28-20(25-18)17(15-24-28)16-7-5-4-6-8-16/h4-10,15,19H,11-14,23H2,1-3H3. The summed E-state index contributed by atoms with van der Waals surface area (Å²) < 4.78 is 1.80. The number of fused-ring (bicyclic) bond motifs is 1. The van der Waals surface area contributed by atoms with Crippen LogP contribution in [0.25, 0.3) is 16.8 Å². The zero-order valence-electron chi connectivity index (χ0n) is 17.2. The molecule has 1 aliphatic rings. The highest BCUT2D eigenvalue weighted by molar-refractivity contribution is 5.83. The summed E-state index contributed by atoms with van der Waals surface area (Å²) >= 11 is 0.